The molecule has 2 N–H and O–H groups in total. The van der Waals surface area contributed by atoms with Crippen molar-refractivity contribution in [1.29, 1.82) is 5.26 Å². The van der Waals surface area contributed by atoms with Crippen LogP contribution in [0, 0.1) is 18.3 Å². The first-order valence-electron chi connectivity index (χ1n) is 7.75. The molecule has 0 fully saturated rings. The molecule has 0 saturated heterocycles. The molecule has 1 heterocycles. The average molecular weight is 328 g/mol. The Hall–Kier alpha value is -3.65. The monoisotopic (exact) mass is 328 g/mol. The van der Waals surface area contributed by atoms with Gasteiger partial charge in [-0.05, 0) is 49.4 Å². The van der Waals surface area contributed by atoms with Crippen LogP contribution in [0.1, 0.15) is 21.6 Å². The van der Waals surface area contributed by atoms with Gasteiger partial charge in [-0.2, -0.15) is 5.26 Å². The summed E-state index contributed by atoms with van der Waals surface area (Å²) in [5.74, 6) is -0.331. The second-order valence-electron chi connectivity index (χ2n) is 5.57. The van der Waals surface area contributed by atoms with Gasteiger partial charge in [0.2, 0.25) is 0 Å². The molecule has 3 rings (SSSR count). The standard InChI is InChI=1S/C20H16N4O/c1-14-5-7-16(8-6-14)23-18-9-10-22-19(12-18)20(25)24-17-4-2-3-15(11-17)13-21/h2-12H,1H3,(H,22,23)(H,24,25). The molecule has 5 heteroatoms. The van der Waals surface area contributed by atoms with Crippen LogP contribution in [0.5, 0.6) is 0 Å². The van der Waals surface area contributed by atoms with Crippen LogP contribution >= 0.6 is 0 Å². The maximum atomic E-state index is 12.4. The zero-order valence-corrected chi connectivity index (χ0v) is 13.7. The van der Waals surface area contributed by atoms with Crippen LogP contribution in [0.15, 0.2) is 66.9 Å². The van der Waals surface area contributed by atoms with Gasteiger partial charge in [0.15, 0.2) is 0 Å². The van der Waals surface area contributed by atoms with Gasteiger partial charge in [0.25, 0.3) is 5.91 Å². The lowest BCUT2D eigenvalue weighted by Gasteiger charge is -2.09. The molecule has 0 atom stereocenters. The minimum atomic E-state index is -0.331. The van der Waals surface area contributed by atoms with Crippen molar-refractivity contribution in [2.75, 3.05) is 10.6 Å². The van der Waals surface area contributed by atoms with E-state index in [1.165, 1.54) is 5.56 Å². The minimum absolute atomic E-state index is 0.291. The lowest BCUT2D eigenvalue weighted by atomic mass is 10.2. The van der Waals surface area contributed by atoms with Crippen molar-refractivity contribution in [3.8, 4) is 6.07 Å². The first-order valence-corrected chi connectivity index (χ1v) is 7.75. The van der Waals surface area contributed by atoms with Crippen molar-refractivity contribution in [1.82, 2.24) is 4.98 Å². The third kappa shape index (κ3) is 4.21. The van der Waals surface area contributed by atoms with E-state index in [0.717, 1.165) is 11.4 Å². The maximum Gasteiger partial charge on any atom is 0.274 e. The van der Waals surface area contributed by atoms with Crippen molar-refractivity contribution in [2.45, 2.75) is 6.92 Å². The highest BCUT2D eigenvalue weighted by Gasteiger charge is 2.09. The molecule has 1 aromatic heterocycles. The number of pyridine rings is 1. The van der Waals surface area contributed by atoms with E-state index in [0.29, 0.717) is 16.9 Å². The number of aromatic nitrogens is 1. The average Bonchev–Trinajstić information content (AvgIpc) is 2.64. The molecular formula is C20H16N4O. The van der Waals surface area contributed by atoms with E-state index in [-0.39, 0.29) is 5.91 Å². The molecular weight excluding hydrogens is 312 g/mol. The number of rotatable bonds is 4. The maximum absolute atomic E-state index is 12.4. The van der Waals surface area contributed by atoms with E-state index in [2.05, 4.69) is 15.6 Å². The third-order valence-electron chi connectivity index (χ3n) is 3.58. The molecule has 2 aromatic carbocycles. The molecule has 3 aromatic rings. The molecule has 122 valence electrons. The van der Waals surface area contributed by atoms with Crippen LogP contribution in [-0.2, 0) is 0 Å². The largest absolute Gasteiger partial charge is 0.355 e. The highest BCUT2D eigenvalue weighted by Crippen LogP contribution is 2.18. The summed E-state index contributed by atoms with van der Waals surface area (Å²) in [7, 11) is 0. The Morgan fingerprint density at radius 1 is 1.00 bits per heavy atom. The van der Waals surface area contributed by atoms with E-state index < -0.39 is 0 Å². The molecule has 0 unspecified atom stereocenters. The lowest BCUT2D eigenvalue weighted by Crippen LogP contribution is -2.13. The number of benzene rings is 2. The van der Waals surface area contributed by atoms with Gasteiger partial charge in [0.1, 0.15) is 5.69 Å². The fourth-order valence-corrected chi connectivity index (χ4v) is 2.30. The summed E-state index contributed by atoms with van der Waals surface area (Å²) < 4.78 is 0. The Morgan fingerprint density at radius 2 is 1.80 bits per heavy atom. The van der Waals surface area contributed by atoms with E-state index in [4.69, 9.17) is 5.26 Å². The Labute approximate surface area is 146 Å². The molecule has 5 nitrogen and oxygen atoms in total. The van der Waals surface area contributed by atoms with Gasteiger partial charge in [-0.3, -0.25) is 9.78 Å². The summed E-state index contributed by atoms with van der Waals surface area (Å²) in [5, 5.41) is 14.9. The van der Waals surface area contributed by atoms with Gasteiger partial charge in [-0.1, -0.05) is 23.8 Å². The Kier molecular flexibility index (Phi) is 4.72. The lowest BCUT2D eigenvalue weighted by molar-refractivity contribution is 0.102. The number of anilines is 3. The van der Waals surface area contributed by atoms with Gasteiger partial charge in [0, 0.05) is 23.3 Å². The molecule has 0 aliphatic carbocycles. The molecule has 0 bridgehead atoms. The number of carbonyl (C=O) groups is 1. The number of nitrogens with zero attached hydrogens (tertiary/aromatic N) is 2. The highest BCUT2D eigenvalue weighted by molar-refractivity contribution is 6.03. The van der Waals surface area contributed by atoms with Gasteiger partial charge in [0.05, 0.1) is 11.6 Å². The zero-order chi connectivity index (χ0) is 17.6. The van der Waals surface area contributed by atoms with Crippen LogP contribution < -0.4 is 10.6 Å². The van der Waals surface area contributed by atoms with Crippen LogP contribution in [0.25, 0.3) is 0 Å². The van der Waals surface area contributed by atoms with Crippen molar-refractivity contribution < 1.29 is 4.79 Å². The van der Waals surface area contributed by atoms with Crippen LogP contribution in [0.2, 0.25) is 0 Å². The first-order chi connectivity index (χ1) is 12.1. The Balaban J connectivity index is 1.75. The molecule has 0 radical (unpaired) electrons. The molecule has 0 aliphatic heterocycles. The van der Waals surface area contributed by atoms with E-state index in [1.807, 2.05) is 37.3 Å². The van der Waals surface area contributed by atoms with Crippen molar-refractivity contribution in [3.63, 3.8) is 0 Å². The van der Waals surface area contributed by atoms with Crippen LogP contribution in [0.3, 0.4) is 0 Å². The molecule has 0 saturated carbocycles. The number of nitrogens with one attached hydrogen (secondary N) is 2. The number of hydrogen-bond donors (Lipinski definition) is 2. The van der Waals surface area contributed by atoms with Gasteiger partial charge >= 0.3 is 0 Å². The predicted octanol–water partition coefficient (Wildman–Crippen LogP) is 4.26. The van der Waals surface area contributed by atoms with Gasteiger partial charge < -0.3 is 10.6 Å². The van der Waals surface area contributed by atoms with E-state index >= 15 is 0 Å². The first kappa shape index (κ1) is 16.2. The zero-order valence-electron chi connectivity index (χ0n) is 13.7. The fraction of sp³-hybridized carbons (Fsp3) is 0.0500. The number of hydrogen-bond acceptors (Lipinski definition) is 4. The Bertz CT molecular complexity index is 942. The van der Waals surface area contributed by atoms with Crippen LogP contribution in [0.4, 0.5) is 17.1 Å². The predicted molar refractivity (Wildman–Crippen MR) is 97.8 cm³/mol. The van der Waals surface area contributed by atoms with Crippen molar-refractivity contribution >= 4 is 23.0 Å². The summed E-state index contributed by atoms with van der Waals surface area (Å²) in [6.07, 6.45) is 1.58. The topological polar surface area (TPSA) is 77.8 Å². The summed E-state index contributed by atoms with van der Waals surface area (Å²) in [5.41, 5.74) is 4.22. The second kappa shape index (κ2) is 7.28. The van der Waals surface area contributed by atoms with E-state index in [1.54, 1.807) is 42.6 Å². The number of nitriles is 1. The summed E-state index contributed by atoms with van der Waals surface area (Å²) >= 11 is 0. The third-order valence-corrected chi connectivity index (χ3v) is 3.58. The van der Waals surface area contributed by atoms with Gasteiger partial charge in [-0.25, -0.2) is 0 Å². The van der Waals surface area contributed by atoms with E-state index in [9.17, 15) is 4.79 Å². The fourth-order valence-electron chi connectivity index (χ4n) is 2.30. The minimum Gasteiger partial charge on any atom is -0.355 e. The van der Waals surface area contributed by atoms with Crippen LogP contribution in [-0.4, -0.2) is 10.9 Å². The molecule has 0 spiro atoms. The van der Waals surface area contributed by atoms with Gasteiger partial charge in [-0.15, -0.1) is 0 Å². The Morgan fingerprint density at radius 3 is 2.56 bits per heavy atom. The molecule has 0 aliphatic rings. The number of amides is 1. The molecule has 25 heavy (non-hydrogen) atoms. The second-order valence-corrected chi connectivity index (χ2v) is 5.57. The highest BCUT2D eigenvalue weighted by atomic mass is 16.1. The SMILES string of the molecule is Cc1ccc(Nc2ccnc(C(=O)Nc3cccc(C#N)c3)c2)cc1. The smallest absolute Gasteiger partial charge is 0.274 e. The normalized spacial score (nSPS) is 9.92. The summed E-state index contributed by atoms with van der Waals surface area (Å²) in [6.45, 7) is 2.03. The number of aryl methyl sites for hydroxylation is 1. The van der Waals surface area contributed by atoms with Crippen molar-refractivity contribution in [3.05, 3.63) is 83.7 Å². The number of carbonyl (C=O) groups excluding carboxylic acids is 1. The molecule has 1 amide bonds. The quantitative estimate of drug-likeness (QED) is 0.750. The summed E-state index contributed by atoms with van der Waals surface area (Å²) in [6, 6.07) is 20.2. The van der Waals surface area contributed by atoms with Crippen molar-refractivity contribution in [2.24, 2.45) is 0 Å². The summed E-state index contributed by atoms with van der Waals surface area (Å²) in [4.78, 5) is 16.5.